The number of rotatable bonds is 2. The van der Waals surface area contributed by atoms with Gasteiger partial charge in [-0.05, 0) is 38.5 Å². The number of carbonyl (C=O) groups is 2. The average molecular weight is 299 g/mol. The van der Waals surface area contributed by atoms with E-state index in [4.69, 9.17) is 11.6 Å². The normalized spacial score (nSPS) is 26.6. The van der Waals surface area contributed by atoms with Gasteiger partial charge < -0.3 is 5.32 Å². The molecule has 1 aromatic carbocycles. The van der Waals surface area contributed by atoms with Gasteiger partial charge in [-0.25, -0.2) is 4.39 Å². The van der Waals surface area contributed by atoms with Gasteiger partial charge in [-0.1, -0.05) is 18.5 Å². The molecule has 0 saturated carbocycles. The highest BCUT2D eigenvalue weighted by Gasteiger charge is 2.46. The maximum Gasteiger partial charge on any atom is 0.253 e. The van der Waals surface area contributed by atoms with Gasteiger partial charge >= 0.3 is 0 Å². The zero-order chi connectivity index (χ0) is 15.1. The van der Waals surface area contributed by atoms with Crippen molar-refractivity contribution in [1.82, 2.24) is 5.32 Å². The van der Waals surface area contributed by atoms with Gasteiger partial charge in [0, 0.05) is 5.02 Å². The Morgan fingerprint density at radius 1 is 1.45 bits per heavy atom. The Bertz CT molecular complexity index is 578. The van der Waals surface area contributed by atoms with Crippen LogP contribution in [0.2, 0.25) is 5.02 Å². The number of nitrogens with zero attached hydrogens (tertiary/aromatic N) is 1. The fourth-order valence-electron chi connectivity index (χ4n) is 2.22. The highest BCUT2D eigenvalue weighted by molar-refractivity contribution is 6.31. The van der Waals surface area contributed by atoms with E-state index < -0.39 is 17.4 Å². The first kappa shape index (κ1) is 14.8. The monoisotopic (exact) mass is 298 g/mol. The molecule has 2 unspecified atom stereocenters. The minimum atomic E-state index is -1.03. The maximum atomic E-state index is 14.0. The van der Waals surface area contributed by atoms with Gasteiger partial charge in [0.25, 0.3) is 5.91 Å². The van der Waals surface area contributed by atoms with Gasteiger partial charge in [0.1, 0.15) is 17.4 Å². The van der Waals surface area contributed by atoms with Crippen LogP contribution in [0.4, 0.5) is 10.1 Å². The zero-order valence-electron chi connectivity index (χ0n) is 11.5. The molecule has 0 bridgehead atoms. The average Bonchev–Trinajstić information content (AvgIpc) is 2.41. The van der Waals surface area contributed by atoms with E-state index >= 15 is 0 Å². The molecule has 1 aliphatic heterocycles. The summed E-state index contributed by atoms with van der Waals surface area (Å²) in [7, 11) is 0. The first-order valence-corrected chi connectivity index (χ1v) is 6.78. The molecule has 2 rings (SSSR count). The SMILES string of the molecule is CCC1(C)NC(=O)C(C)N(c2cc(Cl)ccc2F)C1=O. The molecule has 1 heterocycles. The Labute approximate surface area is 121 Å². The molecule has 2 amide bonds. The van der Waals surface area contributed by atoms with Gasteiger partial charge in [-0.3, -0.25) is 14.5 Å². The molecule has 6 heteroatoms. The van der Waals surface area contributed by atoms with Gasteiger partial charge in [0.05, 0.1) is 5.69 Å². The molecule has 1 fully saturated rings. The van der Waals surface area contributed by atoms with Crippen molar-refractivity contribution >= 4 is 29.1 Å². The summed E-state index contributed by atoms with van der Waals surface area (Å²) < 4.78 is 14.0. The number of amides is 2. The lowest BCUT2D eigenvalue weighted by Gasteiger charge is -2.43. The lowest BCUT2D eigenvalue weighted by Crippen LogP contribution is -2.68. The topological polar surface area (TPSA) is 49.4 Å². The van der Waals surface area contributed by atoms with Crippen molar-refractivity contribution in [3.63, 3.8) is 0 Å². The van der Waals surface area contributed by atoms with E-state index in [1.54, 1.807) is 20.8 Å². The summed E-state index contributed by atoms with van der Waals surface area (Å²) >= 11 is 5.87. The molecule has 0 radical (unpaired) electrons. The van der Waals surface area contributed by atoms with Crippen LogP contribution in [-0.4, -0.2) is 23.4 Å². The number of hydrogen-bond donors (Lipinski definition) is 1. The summed E-state index contributed by atoms with van der Waals surface area (Å²) in [5, 5.41) is 3.00. The lowest BCUT2D eigenvalue weighted by molar-refractivity contribution is -0.137. The molecule has 20 heavy (non-hydrogen) atoms. The van der Waals surface area contributed by atoms with E-state index in [0.29, 0.717) is 11.4 Å². The molecular weight excluding hydrogens is 283 g/mol. The molecule has 2 atom stereocenters. The molecule has 108 valence electrons. The maximum absolute atomic E-state index is 14.0. The van der Waals surface area contributed by atoms with E-state index in [0.717, 1.165) is 0 Å². The summed E-state index contributed by atoms with van der Waals surface area (Å²) in [5.41, 5.74) is -0.997. The summed E-state index contributed by atoms with van der Waals surface area (Å²) in [4.78, 5) is 25.8. The van der Waals surface area contributed by atoms with E-state index in [1.165, 1.54) is 23.1 Å². The fourth-order valence-corrected chi connectivity index (χ4v) is 2.38. The summed E-state index contributed by atoms with van der Waals surface area (Å²) in [6.45, 7) is 4.98. The van der Waals surface area contributed by atoms with Gasteiger partial charge in [0.15, 0.2) is 0 Å². The molecular formula is C14H16ClFN2O2. The lowest BCUT2D eigenvalue weighted by atomic mass is 9.91. The van der Waals surface area contributed by atoms with Crippen molar-refractivity contribution in [2.75, 3.05) is 4.90 Å². The van der Waals surface area contributed by atoms with Gasteiger partial charge in [0.2, 0.25) is 5.91 Å². The number of nitrogens with one attached hydrogen (secondary N) is 1. The molecule has 1 saturated heterocycles. The van der Waals surface area contributed by atoms with Crippen LogP contribution in [0.5, 0.6) is 0 Å². The van der Waals surface area contributed by atoms with Crippen LogP contribution >= 0.6 is 11.6 Å². The number of halogens is 2. The minimum Gasteiger partial charge on any atom is -0.340 e. The smallest absolute Gasteiger partial charge is 0.253 e. The third-order valence-corrected chi connectivity index (χ3v) is 3.97. The Morgan fingerprint density at radius 2 is 2.10 bits per heavy atom. The molecule has 1 aliphatic rings. The van der Waals surface area contributed by atoms with E-state index in [2.05, 4.69) is 5.32 Å². The second-order valence-corrected chi connectivity index (χ2v) is 5.56. The van der Waals surface area contributed by atoms with Crippen LogP contribution in [0.25, 0.3) is 0 Å². The van der Waals surface area contributed by atoms with Crippen molar-refractivity contribution < 1.29 is 14.0 Å². The fraction of sp³-hybridized carbons (Fsp3) is 0.429. The Kier molecular flexibility index (Phi) is 3.73. The van der Waals surface area contributed by atoms with Crippen molar-refractivity contribution in [3.8, 4) is 0 Å². The largest absolute Gasteiger partial charge is 0.340 e. The van der Waals surface area contributed by atoms with Crippen molar-refractivity contribution in [1.29, 1.82) is 0 Å². The highest BCUT2D eigenvalue weighted by atomic mass is 35.5. The van der Waals surface area contributed by atoms with Crippen LogP contribution in [0, 0.1) is 5.82 Å². The van der Waals surface area contributed by atoms with Gasteiger partial charge in [-0.2, -0.15) is 0 Å². The summed E-state index contributed by atoms with van der Waals surface area (Å²) in [6, 6.07) is 3.17. The molecule has 0 spiro atoms. The first-order chi connectivity index (χ1) is 9.30. The van der Waals surface area contributed by atoms with Crippen molar-refractivity contribution in [2.24, 2.45) is 0 Å². The number of piperazine rings is 1. The van der Waals surface area contributed by atoms with E-state index in [9.17, 15) is 14.0 Å². The second kappa shape index (κ2) is 5.05. The Balaban J connectivity index is 2.54. The molecule has 4 nitrogen and oxygen atoms in total. The molecule has 0 aliphatic carbocycles. The summed E-state index contributed by atoms with van der Waals surface area (Å²) in [6.07, 6.45) is 0.420. The Hall–Kier alpha value is -1.62. The third-order valence-electron chi connectivity index (χ3n) is 3.73. The van der Waals surface area contributed by atoms with Gasteiger partial charge in [-0.15, -0.1) is 0 Å². The van der Waals surface area contributed by atoms with Crippen LogP contribution in [0.3, 0.4) is 0 Å². The van der Waals surface area contributed by atoms with Crippen molar-refractivity contribution in [3.05, 3.63) is 29.0 Å². The Morgan fingerprint density at radius 3 is 2.70 bits per heavy atom. The van der Waals surface area contributed by atoms with E-state index in [1.807, 2.05) is 0 Å². The van der Waals surface area contributed by atoms with Crippen LogP contribution in [0.1, 0.15) is 27.2 Å². The second-order valence-electron chi connectivity index (χ2n) is 5.12. The molecule has 1 N–H and O–H groups in total. The number of benzene rings is 1. The van der Waals surface area contributed by atoms with Crippen LogP contribution < -0.4 is 10.2 Å². The predicted octanol–water partition coefficient (Wildman–Crippen LogP) is 2.50. The number of hydrogen-bond acceptors (Lipinski definition) is 2. The number of anilines is 1. The van der Waals surface area contributed by atoms with Crippen molar-refractivity contribution in [2.45, 2.75) is 38.8 Å². The third kappa shape index (κ3) is 2.26. The quantitative estimate of drug-likeness (QED) is 0.912. The zero-order valence-corrected chi connectivity index (χ0v) is 12.3. The van der Waals surface area contributed by atoms with E-state index in [-0.39, 0.29) is 17.5 Å². The predicted molar refractivity (Wildman–Crippen MR) is 75.2 cm³/mol. The standard InChI is InChI=1S/C14H16ClFN2O2/c1-4-14(3)13(20)18(8(2)12(19)17-14)11-7-9(15)5-6-10(11)16/h5-8H,4H2,1-3H3,(H,17,19). The van der Waals surface area contributed by atoms with Crippen LogP contribution in [-0.2, 0) is 9.59 Å². The van der Waals surface area contributed by atoms with Crippen LogP contribution in [0.15, 0.2) is 18.2 Å². The number of carbonyl (C=O) groups excluding carboxylic acids is 2. The minimum absolute atomic E-state index is 0.0320. The molecule has 1 aromatic rings. The molecule has 0 aromatic heterocycles. The summed E-state index contributed by atoms with van der Waals surface area (Å²) in [5.74, 6) is -1.23. The highest BCUT2D eigenvalue weighted by Crippen LogP contribution is 2.31. The first-order valence-electron chi connectivity index (χ1n) is 6.41.